The van der Waals surface area contributed by atoms with Crippen LogP contribution in [-0.2, 0) is 10.8 Å². The third-order valence-corrected chi connectivity index (χ3v) is 24.5. The van der Waals surface area contributed by atoms with Gasteiger partial charge in [0, 0.05) is 90.3 Å². The molecular formula is C95H72B2N4OS. The average Bonchev–Trinajstić information content (AvgIpc) is 1.65. The van der Waals surface area contributed by atoms with Crippen LogP contribution in [0.5, 0.6) is 11.5 Å². The van der Waals surface area contributed by atoms with Crippen molar-refractivity contribution in [2.24, 2.45) is 11.8 Å². The van der Waals surface area contributed by atoms with Gasteiger partial charge in [-0.15, -0.1) is 0 Å². The Hall–Kier alpha value is -11.4. The summed E-state index contributed by atoms with van der Waals surface area (Å²) in [5, 5.41) is 0. The number of rotatable bonds is 8. The van der Waals surface area contributed by atoms with Crippen molar-refractivity contribution in [1.29, 1.82) is 0 Å². The summed E-state index contributed by atoms with van der Waals surface area (Å²) < 4.78 is 7.37. The van der Waals surface area contributed by atoms with Crippen molar-refractivity contribution in [3.63, 3.8) is 0 Å². The summed E-state index contributed by atoms with van der Waals surface area (Å²) in [5.41, 5.74) is 32.5. The molecule has 0 N–H and O–H groups in total. The predicted octanol–water partition coefficient (Wildman–Crippen LogP) is 20.7. The molecule has 9 aliphatic rings. The van der Waals surface area contributed by atoms with Crippen molar-refractivity contribution < 1.29 is 4.74 Å². The number of allylic oxidation sites excluding steroid dienone is 11. The number of ether oxygens (including phenoxy) is 1. The Kier molecular flexibility index (Phi) is 13.6. The predicted molar refractivity (Wildman–Crippen MR) is 432 cm³/mol. The fourth-order valence-electron chi connectivity index (χ4n) is 19.0. The summed E-state index contributed by atoms with van der Waals surface area (Å²) in [6, 6.07) is 101. The van der Waals surface area contributed by atoms with Crippen LogP contribution in [-0.4, -0.2) is 13.4 Å². The van der Waals surface area contributed by atoms with E-state index in [1.54, 1.807) is 0 Å². The molecule has 12 aromatic rings. The van der Waals surface area contributed by atoms with E-state index in [0.29, 0.717) is 0 Å². The Labute approximate surface area is 608 Å². The summed E-state index contributed by atoms with van der Waals surface area (Å²) in [6.45, 7) is 6.89. The molecule has 5 nitrogen and oxygen atoms in total. The highest BCUT2D eigenvalue weighted by atomic mass is 32.2. The molecule has 21 rings (SSSR count). The average molecular weight is 1340 g/mol. The van der Waals surface area contributed by atoms with Gasteiger partial charge in [0.15, 0.2) is 0 Å². The second-order valence-electron chi connectivity index (χ2n) is 29.9. The second kappa shape index (κ2) is 23.3. The fourth-order valence-corrected chi connectivity index (χ4v) is 20.2. The molecule has 8 heteroatoms. The molecule has 490 valence electrons. The molecule has 0 radical (unpaired) electrons. The molecule has 4 aliphatic carbocycles. The zero-order chi connectivity index (χ0) is 68.2. The Balaban J connectivity index is 0.878. The number of hydrogen-bond donors (Lipinski definition) is 0. The van der Waals surface area contributed by atoms with Gasteiger partial charge in [-0.2, -0.15) is 0 Å². The monoisotopic (exact) mass is 1340 g/mol. The van der Waals surface area contributed by atoms with Gasteiger partial charge in [-0.3, -0.25) is 0 Å². The smallest absolute Gasteiger partial charge is 0.256 e. The summed E-state index contributed by atoms with van der Waals surface area (Å²) >= 11 is 1.97. The number of benzene rings is 12. The second-order valence-corrected chi connectivity index (χ2v) is 31.0. The lowest BCUT2D eigenvalue weighted by atomic mass is 9.33. The number of fused-ring (bicyclic) bond motifs is 17. The lowest BCUT2D eigenvalue weighted by Crippen LogP contribution is -2.62. The Morgan fingerprint density at radius 1 is 0.437 bits per heavy atom. The highest BCUT2D eigenvalue weighted by Crippen LogP contribution is 2.64. The first-order chi connectivity index (χ1) is 50.8. The van der Waals surface area contributed by atoms with E-state index < -0.39 is 5.41 Å². The largest absolute Gasteiger partial charge is 0.458 e. The van der Waals surface area contributed by atoms with E-state index in [0.717, 1.165) is 87.9 Å². The van der Waals surface area contributed by atoms with Gasteiger partial charge in [0.05, 0.1) is 11.1 Å². The van der Waals surface area contributed by atoms with Gasteiger partial charge in [0.2, 0.25) is 0 Å². The number of hydrogen-bond acceptors (Lipinski definition) is 6. The minimum absolute atomic E-state index is 0.0989. The third-order valence-electron chi connectivity index (χ3n) is 23.3. The standard InChI is InChI=1S/C95H72B2N4OS/c1-94(2,3)63-53-84-91-85(54-63)101(93-69(61-31-10-4-11-32-61)45-30-46-70(93)62-33-12-5-13-34-62)83-60-90-76(58-80(83)96(91)77-49-26-28-51-81(77)99(84)66-39-18-8-19-40-66)95(73-47-24-22-43-71(73)72-44-23-25-48-74(72)95)75-57-79-82(59-89(75)103-90)100(67-41-20-9-21-42-67)86-55-68(56-88-92(86)97(79)78-50-27-29-52-87(78)102-88)98(64-35-14-6-15-36-64)65-37-16-7-17-38-65/h4,6-12,14-31,33-45,47-61,70H,5,13,32,46H2,1-3H3. The molecule has 0 fully saturated rings. The van der Waals surface area contributed by atoms with E-state index in [9.17, 15) is 0 Å². The van der Waals surface area contributed by atoms with Crippen molar-refractivity contribution in [3.05, 3.63) is 366 Å². The van der Waals surface area contributed by atoms with Gasteiger partial charge in [-0.1, -0.05) is 257 Å². The van der Waals surface area contributed by atoms with Crippen LogP contribution in [0.2, 0.25) is 0 Å². The van der Waals surface area contributed by atoms with Gasteiger partial charge in [-0.05, 0) is 205 Å². The van der Waals surface area contributed by atoms with Crippen LogP contribution in [0, 0.1) is 11.8 Å². The topological polar surface area (TPSA) is 22.2 Å². The van der Waals surface area contributed by atoms with Gasteiger partial charge in [0.1, 0.15) is 11.5 Å². The molecule has 103 heavy (non-hydrogen) atoms. The Bertz CT molecular complexity index is 5670. The van der Waals surface area contributed by atoms with Crippen molar-refractivity contribution in [2.75, 3.05) is 19.6 Å². The third kappa shape index (κ3) is 9.02. The number of para-hydroxylation sites is 6. The van der Waals surface area contributed by atoms with Crippen LogP contribution in [0.3, 0.4) is 0 Å². The molecule has 2 unspecified atom stereocenters. The first-order valence-corrected chi connectivity index (χ1v) is 37.6. The SMILES string of the molecule is CC(C)(C)c1cc2c3c(c1)N(c1ccccc1)c1ccccc1B3c1cc3c(cc1N2C1=C(C2C=CC=CC2)C=CCC1C1=CCCC=C1)Sc1cc2c(cc1C31c3ccccc3-c3ccccc31)B1c3ccccc3Oc3cc(N(c4ccccc4)c4ccccc4)cc(c31)N2c1ccccc1. The minimum Gasteiger partial charge on any atom is -0.458 e. The molecule has 5 aliphatic heterocycles. The Morgan fingerprint density at radius 2 is 1.00 bits per heavy atom. The van der Waals surface area contributed by atoms with Crippen molar-refractivity contribution in [3.8, 4) is 22.6 Å². The minimum atomic E-state index is -0.764. The summed E-state index contributed by atoms with van der Waals surface area (Å²) in [5.74, 6) is 2.01. The zero-order valence-corrected chi connectivity index (χ0v) is 58.7. The van der Waals surface area contributed by atoms with E-state index in [2.05, 4.69) is 362 Å². The van der Waals surface area contributed by atoms with Crippen LogP contribution in [0.15, 0.2) is 348 Å². The summed E-state index contributed by atoms with van der Waals surface area (Å²) in [7, 11) is 0. The molecule has 1 spiro atoms. The molecule has 0 amide bonds. The molecule has 0 aromatic heterocycles. The first kappa shape index (κ1) is 60.3. The van der Waals surface area contributed by atoms with Crippen molar-refractivity contribution >= 4 is 121 Å². The van der Waals surface area contributed by atoms with Gasteiger partial charge in [-0.25, -0.2) is 0 Å². The maximum atomic E-state index is 7.37. The molecule has 2 atom stereocenters. The molecular weight excluding hydrogens is 1270 g/mol. The molecule has 0 saturated carbocycles. The van der Waals surface area contributed by atoms with E-state index in [-0.39, 0.29) is 30.7 Å². The van der Waals surface area contributed by atoms with Crippen LogP contribution in [0.4, 0.5) is 62.6 Å². The zero-order valence-electron chi connectivity index (χ0n) is 57.8. The highest BCUT2D eigenvalue weighted by Gasteiger charge is 2.55. The lowest BCUT2D eigenvalue weighted by molar-refractivity contribution is 0.487. The van der Waals surface area contributed by atoms with Gasteiger partial charge < -0.3 is 24.3 Å². The summed E-state index contributed by atoms with van der Waals surface area (Å²) in [4.78, 5) is 12.9. The maximum absolute atomic E-state index is 7.37. The molecule has 12 aromatic carbocycles. The quantitative estimate of drug-likeness (QED) is 0.140. The first-order valence-electron chi connectivity index (χ1n) is 36.7. The number of nitrogens with zero attached hydrogens (tertiary/aromatic N) is 4. The van der Waals surface area contributed by atoms with E-state index >= 15 is 0 Å². The molecule has 5 heterocycles. The highest BCUT2D eigenvalue weighted by molar-refractivity contribution is 7.99. The van der Waals surface area contributed by atoms with E-state index in [1.165, 1.54) is 110 Å². The van der Waals surface area contributed by atoms with Crippen molar-refractivity contribution in [2.45, 2.75) is 67.1 Å². The normalized spacial score (nSPS) is 17.6. The van der Waals surface area contributed by atoms with Crippen LogP contribution >= 0.6 is 11.8 Å². The Morgan fingerprint density at radius 3 is 1.63 bits per heavy atom. The van der Waals surface area contributed by atoms with Crippen LogP contribution in [0.1, 0.15) is 74.3 Å². The maximum Gasteiger partial charge on any atom is 0.256 e. The number of anilines is 11. The van der Waals surface area contributed by atoms with Gasteiger partial charge >= 0.3 is 0 Å². The van der Waals surface area contributed by atoms with Crippen LogP contribution < -0.4 is 57.1 Å². The van der Waals surface area contributed by atoms with Gasteiger partial charge in [0.25, 0.3) is 13.4 Å². The van der Waals surface area contributed by atoms with E-state index in [4.69, 9.17) is 4.74 Å². The van der Waals surface area contributed by atoms with E-state index in [1.807, 2.05) is 11.8 Å². The lowest BCUT2D eigenvalue weighted by Gasteiger charge is -2.49. The fraction of sp³-hybridized carbons (Fsp3) is 0.116. The molecule has 0 saturated heterocycles. The molecule has 0 bridgehead atoms. The van der Waals surface area contributed by atoms with Crippen molar-refractivity contribution in [1.82, 2.24) is 0 Å². The summed E-state index contributed by atoms with van der Waals surface area (Å²) in [6.07, 6.45) is 25.7. The van der Waals surface area contributed by atoms with Crippen LogP contribution in [0.25, 0.3) is 11.1 Å².